The van der Waals surface area contributed by atoms with E-state index in [-0.39, 0.29) is 29.7 Å². The summed E-state index contributed by atoms with van der Waals surface area (Å²) in [5.41, 5.74) is 7.34. The van der Waals surface area contributed by atoms with E-state index < -0.39 is 56.0 Å². The van der Waals surface area contributed by atoms with Crippen molar-refractivity contribution in [3.05, 3.63) is 40.2 Å². The van der Waals surface area contributed by atoms with E-state index in [9.17, 15) is 36.0 Å². The maximum absolute atomic E-state index is 12.8. The smallest absolute Gasteiger partial charge is 0.391 e. The zero-order valence-electron chi connectivity index (χ0n) is 18.6. The molecule has 0 spiro atoms. The van der Waals surface area contributed by atoms with Crippen LogP contribution < -0.4 is 31.9 Å². The van der Waals surface area contributed by atoms with Crippen LogP contribution in [0.2, 0.25) is 0 Å². The predicted octanol–water partition coefficient (Wildman–Crippen LogP) is -1.38. The summed E-state index contributed by atoms with van der Waals surface area (Å²) in [4.78, 5) is 51.7. The minimum Gasteiger partial charge on any atom is -0.391 e. The number of aryl methyl sites for hydroxylation is 1. The molecule has 1 amide bonds. The fourth-order valence-corrected chi connectivity index (χ4v) is 3.55. The normalized spacial score (nSPS) is 12.4. The number of carbonyl (C=O) groups excluding carboxylic acids is 2. The molecule has 0 radical (unpaired) electrons. The standard InChI is InChI=1S/C17H21F3N8O7S/c1-8(13(29)23-5-6-34-26-16(21)22)11-4-3-10(14(30)28(11)35-15(31)17(18,19)20)27-36(32,33)12-7-24-9(2)25-12/h3-4,7-8,27H,5-6H2,1-2H3,(H,23,29)(H,24,25)(H4,21,22,26). The number of H-pyrrole nitrogens is 1. The van der Waals surface area contributed by atoms with Crippen molar-refractivity contribution in [3.63, 3.8) is 0 Å². The second-order valence-corrected chi connectivity index (χ2v) is 8.60. The maximum Gasteiger partial charge on any atom is 0.493 e. The first kappa shape index (κ1) is 28.0. The first-order chi connectivity index (χ1) is 16.6. The number of halogens is 3. The predicted molar refractivity (Wildman–Crippen MR) is 116 cm³/mol. The van der Waals surface area contributed by atoms with Crippen LogP contribution in [-0.2, 0) is 24.4 Å². The number of aromatic nitrogens is 3. The van der Waals surface area contributed by atoms with Gasteiger partial charge in [-0.2, -0.15) is 21.6 Å². The van der Waals surface area contributed by atoms with Gasteiger partial charge in [-0.1, -0.05) is 0 Å². The second kappa shape index (κ2) is 11.0. The molecular formula is C17H21F3N8O7S. The van der Waals surface area contributed by atoms with Gasteiger partial charge in [-0.25, -0.2) is 9.78 Å². The van der Waals surface area contributed by atoms with Crippen LogP contribution in [0.25, 0.3) is 0 Å². The lowest BCUT2D eigenvalue weighted by atomic mass is 10.1. The van der Waals surface area contributed by atoms with Crippen molar-refractivity contribution in [2.24, 2.45) is 16.6 Å². The van der Waals surface area contributed by atoms with Gasteiger partial charge in [0.15, 0.2) is 5.03 Å². The molecule has 2 rings (SSSR count). The van der Waals surface area contributed by atoms with Gasteiger partial charge in [0.2, 0.25) is 11.9 Å². The Morgan fingerprint density at radius 3 is 2.53 bits per heavy atom. The number of oxime groups is 1. The van der Waals surface area contributed by atoms with E-state index in [0.717, 1.165) is 18.3 Å². The molecule has 2 aromatic heterocycles. The van der Waals surface area contributed by atoms with Crippen molar-refractivity contribution in [1.29, 1.82) is 0 Å². The van der Waals surface area contributed by atoms with Gasteiger partial charge >= 0.3 is 17.7 Å². The summed E-state index contributed by atoms with van der Waals surface area (Å²) < 4.78 is 65.2. The van der Waals surface area contributed by atoms with Gasteiger partial charge in [-0.05, 0) is 31.1 Å². The van der Waals surface area contributed by atoms with Gasteiger partial charge < -0.3 is 31.4 Å². The van der Waals surface area contributed by atoms with E-state index in [1.807, 2.05) is 4.72 Å². The number of rotatable bonds is 10. The van der Waals surface area contributed by atoms with E-state index in [2.05, 4.69) is 30.1 Å². The molecule has 2 heterocycles. The van der Waals surface area contributed by atoms with Crippen LogP contribution in [0.3, 0.4) is 0 Å². The number of anilines is 1. The Bertz CT molecular complexity index is 1320. The molecule has 19 heteroatoms. The SMILES string of the molecule is Cc1ncc(S(=O)(=O)Nc2ccc(C(C)C(=O)NCCON=C(N)N)n(OC(=O)C(F)(F)F)c2=O)[nH]1. The highest BCUT2D eigenvalue weighted by atomic mass is 32.2. The van der Waals surface area contributed by atoms with Gasteiger partial charge in [0.25, 0.3) is 10.0 Å². The molecule has 0 aromatic carbocycles. The molecule has 2 aromatic rings. The summed E-state index contributed by atoms with van der Waals surface area (Å²) in [5.74, 6) is -5.11. The molecule has 7 N–H and O–H groups in total. The highest BCUT2D eigenvalue weighted by Crippen LogP contribution is 2.20. The molecule has 0 fully saturated rings. The topological polar surface area (TPSA) is 226 Å². The summed E-state index contributed by atoms with van der Waals surface area (Å²) >= 11 is 0. The number of alkyl halides is 3. The van der Waals surface area contributed by atoms with Gasteiger partial charge in [0.05, 0.1) is 24.4 Å². The highest BCUT2D eigenvalue weighted by Gasteiger charge is 2.43. The van der Waals surface area contributed by atoms with E-state index in [0.29, 0.717) is 0 Å². The maximum atomic E-state index is 12.8. The van der Waals surface area contributed by atoms with Crippen LogP contribution in [0.5, 0.6) is 0 Å². The molecule has 0 aliphatic carbocycles. The molecule has 1 unspecified atom stereocenters. The first-order valence-electron chi connectivity index (χ1n) is 9.72. The monoisotopic (exact) mass is 538 g/mol. The van der Waals surface area contributed by atoms with Gasteiger partial charge in [-0.3, -0.25) is 14.3 Å². The average molecular weight is 538 g/mol. The lowest BCUT2D eigenvalue weighted by Crippen LogP contribution is -2.42. The Morgan fingerprint density at radius 1 is 1.31 bits per heavy atom. The van der Waals surface area contributed by atoms with Crippen LogP contribution in [0.1, 0.15) is 24.4 Å². The lowest BCUT2D eigenvalue weighted by molar-refractivity contribution is -0.200. The summed E-state index contributed by atoms with van der Waals surface area (Å²) in [7, 11) is -4.43. The van der Waals surface area contributed by atoms with Crippen molar-refractivity contribution < 1.29 is 40.9 Å². The average Bonchev–Trinajstić information content (AvgIpc) is 3.22. The highest BCUT2D eigenvalue weighted by molar-refractivity contribution is 7.92. The third-order valence-electron chi connectivity index (χ3n) is 4.19. The molecule has 0 aliphatic rings. The summed E-state index contributed by atoms with van der Waals surface area (Å²) in [6.45, 7) is 2.32. The van der Waals surface area contributed by atoms with E-state index >= 15 is 0 Å². The minimum atomic E-state index is -5.51. The largest absolute Gasteiger partial charge is 0.493 e. The quantitative estimate of drug-likeness (QED) is 0.103. The number of guanidine groups is 1. The van der Waals surface area contributed by atoms with Crippen molar-refractivity contribution in [2.45, 2.75) is 31.0 Å². The van der Waals surface area contributed by atoms with Gasteiger partial charge in [-0.15, -0.1) is 4.73 Å². The number of sulfonamides is 1. The number of hydrogen-bond donors (Lipinski definition) is 5. The van der Waals surface area contributed by atoms with Crippen molar-refractivity contribution in [2.75, 3.05) is 17.9 Å². The van der Waals surface area contributed by atoms with Gasteiger partial charge in [0.1, 0.15) is 18.1 Å². The number of nitrogens with one attached hydrogen (secondary N) is 3. The van der Waals surface area contributed by atoms with Crippen molar-refractivity contribution in [3.8, 4) is 0 Å². The summed E-state index contributed by atoms with van der Waals surface area (Å²) in [6.07, 6.45) is -4.56. The van der Waals surface area contributed by atoms with E-state index in [1.54, 1.807) is 0 Å². The Labute approximate surface area is 200 Å². The number of nitrogens with two attached hydrogens (primary N) is 2. The lowest BCUT2D eigenvalue weighted by Gasteiger charge is -2.19. The van der Waals surface area contributed by atoms with Crippen LogP contribution in [0, 0.1) is 6.92 Å². The van der Waals surface area contributed by atoms with Crippen LogP contribution in [0.15, 0.2) is 33.3 Å². The Kier molecular flexibility index (Phi) is 8.52. The number of carbonyl (C=O) groups is 2. The number of hydrogen-bond acceptors (Lipinski definition) is 9. The van der Waals surface area contributed by atoms with E-state index in [1.165, 1.54) is 13.8 Å². The van der Waals surface area contributed by atoms with Crippen molar-refractivity contribution >= 4 is 33.5 Å². The van der Waals surface area contributed by atoms with Crippen LogP contribution in [-0.4, -0.2) is 60.3 Å². The number of pyridine rings is 1. The molecule has 0 bridgehead atoms. The van der Waals surface area contributed by atoms with Gasteiger partial charge in [0, 0.05) is 0 Å². The fraction of sp³-hybridized carbons (Fsp3) is 0.353. The Hall–Kier alpha value is -4.29. The first-order valence-corrected chi connectivity index (χ1v) is 11.2. The van der Waals surface area contributed by atoms with E-state index in [4.69, 9.17) is 11.5 Å². The molecular weight excluding hydrogens is 517 g/mol. The molecule has 0 aliphatic heterocycles. The molecule has 36 heavy (non-hydrogen) atoms. The third kappa shape index (κ3) is 7.10. The zero-order chi connectivity index (χ0) is 27.3. The summed E-state index contributed by atoms with van der Waals surface area (Å²) in [5, 5.41) is 5.12. The molecule has 0 saturated heterocycles. The zero-order valence-corrected chi connectivity index (χ0v) is 19.4. The molecule has 198 valence electrons. The molecule has 0 saturated carbocycles. The molecule has 1 atom stereocenters. The minimum absolute atomic E-state index is 0.119. The Morgan fingerprint density at radius 2 is 1.97 bits per heavy atom. The van der Waals surface area contributed by atoms with Crippen molar-refractivity contribution in [1.82, 2.24) is 20.0 Å². The molecule has 15 nitrogen and oxygen atoms in total. The number of aromatic amines is 1. The third-order valence-corrected chi connectivity index (χ3v) is 5.46. The summed E-state index contributed by atoms with van der Waals surface area (Å²) in [6, 6.07) is 1.82. The fourth-order valence-electron chi connectivity index (χ4n) is 2.52. The number of nitrogens with zero attached hydrogens (tertiary/aromatic N) is 3. The number of amides is 1. The number of imidazole rings is 1. The van der Waals surface area contributed by atoms with Crippen LogP contribution in [0.4, 0.5) is 18.9 Å². The van der Waals surface area contributed by atoms with Crippen LogP contribution >= 0.6 is 0 Å². The Balaban J connectivity index is 2.38. The second-order valence-electron chi connectivity index (χ2n) is 6.95.